The zero-order valence-corrected chi connectivity index (χ0v) is 16.9. The van der Waals surface area contributed by atoms with Crippen LogP contribution in [0.3, 0.4) is 0 Å². The molecule has 3 rings (SSSR count). The van der Waals surface area contributed by atoms with Gasteiger partial charge in [-0.3, -0.25) is 14.7 Å². The summed E-state index contributed by atoms with van der Waals surface area (Å²) in [5, 5.41) is 2.85. The number of thiazole rings is 1. The number of likely N-dealkylation sites (tertiary alicyclic amines) is 1. The van der Waals surface area contributed by atoms with E-state index in [1.807, 2.05) is 26.1 Å². The Labute approximate surface area is 162 Å². The molecule has 0 saturated carbocycles. The number of anilines is 1. The van der Waals surface area contributed by atoms with Crippen LogP contribution in [0.4, 0.5) is 9.52 Å². The third kappa shape index (κ3) is 5.01. The molecule has 2 aromatic heterocycles. The molecule has 0 aromatic carbocycles. The van der Waals surface area contributed by atoms with Crippen molar-refractivity contribution in [1.82, 2.24) is 14.9 Å². The summed E-state index contributed by atoms with van der Waals surface area (Å²) >= 11 is 1.18. The highest BCUT2D eigenvalue weighted by Crippen LogP contribution is 2.29. The largest absolute Gasteiger partial charge is 0.489 e. The zero-order chi connectivity index (χ0) is 19.6. The molecular formula is C19H25FN4O2S. The third-order valence-corrected chi connectivity index (χ3v) is 5.66. The van der Waals surface area contributed by atoms with E-state index in [4.69, 9.17) is 4.74 Å². The molecule has 6 nitrogen and oxygen atoms in total. The number of ether oxygens (including phenoxy) is 1. The van der Waals surface area contributed by atoms with E-state index in [2.05, 4.69) is 27.1 Å². The molecule has 1 N–H and O–H groups in total. The van der Waals surface area contributed by atoms with Crippen LogP contribution >= 0.6 is 11.3 Å². The average molecular weight is 393 g/mol. The molecule has 0 aliphatic carbocycles. The summed E-state index contributed by atoms with van der Waals surface area (Å²) in [5.74, 6) is 0.0941. The summed E-state index contributed by atoms with van der Waals surface area (Å²) in [4.78, 5) is 22.0. The Morgan fingerprint density at radius 2 is 2.22 bits per heavy atom. The molecule has 0 unspecified atom stereocenters. The second-order valence-corrected chi connectivity index (χ2v) is 8.18. The minimum absolute atomic E-state index is 0.0486. The number of carbonyl (C=O) groups excluding carboxylic acids is 1. The number of halogens is 1. The molecule has 0 bridgehead atoms. The van der Waals surface area contributed by atoms with E-state index < -0.39 is 5.95 Å². The van der Waals surface area contributed by atoms with E-state index >= 15 is 0 Å². The van der Waals surface area contributed by atoms with Crippen LogP contribution < -0.4 is 10.1 Å². The third-order valence-electron chi connectivity index (χ3n) is 4.73. The van der Waals surface area contributed by atoms with Crippen molar-refractivity contribution in [3.05, 3.63) is 34.3 Å². The fraction of sp³-hybridized carbons (Fsp3) is 0.526. The summed E-state index contributed by atoms with van der Waals surface area (Å²) in [6, 6.07) is 2.29. The summed E-state index contributed by atoms with van der Waals surface area (Å²) in [7, 11) is 0. The number of aromatic nitrogens is 2. The van der Waals surface area contributed by atoms with E-state index in [0.29, 0.717) is 22.6 Å². The Balaban J connectivity index is 1.68. The lowest BCUT2D eigenvalue weighted by molar-refractivity contribution is -0.114. The lowest BCUT2D eigenvalue weighted by Crippen LogP contribution is -2.45. The predicted octanol–water partition coefficient (Wildman–Crippen LogP) is 3.68. The van der Waals surface area contributed by atoms with Crippen LogP contribution in [-0.4, -0.2) is 39.5 Å². The Hall–Kier alpha value is -2.06. The smallest absolute Gasteiger partial charge is 0.230 e. The van der Waals surface area contributed by atoms with Gasteiger partial charge in [0.15, 0.2) is 5.13 Å². The monoisotopic (exact) mass is 392 g/mol. The second-order valence-electron chi connectivity index (χ2n) is 7.10. The van der Waals surface area contributed by atoms with E-state index in [1.165, 1.54) is 18.3 Å². The summed E-state index contributed by atoms with van der Waals surface area (Å²) < 4.78 is 20.4. The second kappa shape index (κ2) is 8.31. The summed E-state index contributed by atoms with van der Waals surface area (Å²) in [6.45, 7) is 8.64. The lowest BCUT2D eigenvalue weighted by atomic mass is 10.0. The van der Waals surface area contributed by atoms with Crippen LogP contribution in [0.15, 0.2) is 12.3 Å². The maximum Gasteiger partial charge on any atom is 0.230 e. The first-order valence-corrected chi connectivity index (χ1v) is 9.90. The van der Waals surface area contributed by atoms with Gasteiger partial charge < -0.3 is 10.1 Å². The van der Waals surface area contributed by atoms with Crippen molar-refractivity contribution in [1.29, 1.82) is 0 Å². The topological polar surface area (TPSA) is 67.4 Å². The van der Waals surface area contributed by atoms with E-state index in [0.717, 1.165) is 36.4 Å². The highest BCUT2D eigenvalue weighted by atomic mass is 32.1. The van der Waals surface area contributed by atoms with Crippen molar-refractivity contribution < 1.29 is 13.9 Å². The van der Waals surface area contributed by atoms with Crippen LogP contribution in [0, 0.1) is 19.8 Å². The number of hydrogen-bond donors (Lipinski definition) is 1. The molecule has 1 aliphatic heterocycles. The van der Waals surface area contributed by atoms with Crippen LogP contribution in [0.25, 0.3) is 0 Å². The number of piperidine rings is 1. The molecule has 0 radical (unpaired) electrons. The van der Waals surface area contributed by atoms with E-state index in [-0.39, 0.29) is 12.0 Å². The molecule has 1 saturated heterocycles. The molecule has 1 amide bonds. The fourth-order valence-electron chi connectivity index (χ4n) is 3.19. The number of pyridine rings is 1. The molecule has 0 spiro atoms. The molecule has 1 aliphatic rings. The van der Waals surface area contributed by atoms with Crippen molar-refractivity contribution in [2.45, 2.75) is 59.2 Å². The number of carbonyl (C=O) groups is 1. The SMILES string of the molecule is CC(=O)Nc1nc(F)c(CN2C[C@H](Oc3cc(C)ncc3C)CC[C@@H]2C)s1. The number of amides is 1. The zero-order valence-electron chi connectivity index (χ0n) is 16.1. The van der Waals surface area contributed by atoms with Crippen molar-refractivity contribution >= 4 is 22.4 Å². The molecule has 3 heterocycles. The highest BCUT2D eigenvalue weighted by molar-refractivity contribution is 7.15. The highest BCUT2D eigenvalue weighted by Gasteiger charge is 2.28. The van der Waals surface area contributed by atoms with Crippen LogP contribution in [0.5, 0.6) is 5.75 Å². The van der Waals surface area contributed by atoms with Crippen molar-refractivity contribution in [2.75, 3.05) is 11.9 Å². The van der Waals surface area contributed by atoms with Gasteiger partial charge in [-0.2, -0.15) is 9.37 Å². The first-order chi connectivity index (χ1) is 12.8. The Kier molecular flexibility index (Phi) is 6.06. The van der Waals surface area contributed by atoms with Crippen molar-refractivity contribution in [2.24, 2.45) is 0 Å². The van der Waals surface area contributed by atoms with Crippen LogP contribution in [0.2, 0.25) is 0 Å². The van der Waals surface area contributed by atoms with Crippen LogP contribution in [0.1, 0.15) is 42.8 Å². The number of nitrogens with one attached hydrogen (secondary N) is 1. The van der Waals surface area contributed by atoms with E-state index in [1.54, 1.807) is 0 Å². The molecule has 1 fully saturated rings. The van der Waals surface area contributed by atoms with Gasteiger partial charge in [0.1, 0.15) is 11.9 Å². The number of nitrogens with zero attached hydrogens (tertiary/aromatic N) is 3. The molecule has 27 heavy (non-hydrogen) atoms. The standard InChI is InChI=1S/C19H25FN4O2S/c1-11-8-21-12(2)7-16(11)26-15-6-5-13(3)24(9-15)10-17-18(20)23-19(27-17)22-14(4)25/h7-8,13,15H,5-6,9-10H2,1-4H3,(H,22,23,25)/t13-,15+/m0/s1. The first-order valence-electron chi connectivity index (χ1n) is 9.08. The summed E-state index contributed by atoms with van der Waals surface area (Å²) in [5.41, 5.74) is 1.94. The van der Waals surface area contributed by atoms with Gasteiger partial charge >= 0.3 is 0 Å². The maximum absolute atomic E-state index is 14.2. The van der Waals surface area contributed by atoms with Gasteiger partial charge in [0, 0.05) is 49.6 Å². The average Bonchev–Trinajstić information content (AvgIpc) is 2.92. The van der Waals surface area contributed by atoms with Crippen molar-refractivity contribution in [3.63, 3.8) is 0 Å². The normalized spacial score (nSPS) is 20.5. The number of hydrogen-bond acceptors (Lipinski definition) is 6. The van der Waals surface area contributed by atoms with Crippen molar-refractivity contribution in [3.8, 4) is 5.75 Å². The fourth-order valence-corrected chi connectivity index (χ4v) is 4.10. The van der Waals surface area contributed by atoms with Gasteiger partial charge in [-0.25, -0.2) is 0 Å². The molecule has 8 heteroatoms. The van der Waals surface area contributed by atoms with E-state index in [9.17, 15) is 9.18 Å². The van der Waals surface area contributed by atoms with Gasteiger partial charge in [0.05, 0.1) is 4.88 Å². The molecular weight excluding hydrogens is 367 g/mol. The number of rotatable bonds is 5. The van der Waals surface area contributed by atoms with Gasteiger partial charge in [0.25, 0.3) is 0 Å². The van der Waals surface area contributed by atoms with Gasteiger partial charge in [0.2, 0.25) is 11.9 Å². The van der Waals surface area contributed by atoms with Gasteiger partial charge in [-0.15, -0.1) is 0 Å². The lowest BCUT2D eigenvalue weighted by Gasteiger charge is -2.37. The Bertz CT molecular complexity index is 826. The maximum atomic E-state index is 14.2. The molecule has 2 aromatic rings. The Morgan fingerprint density at radius 3 is 2.96 bits per heavy atom. The number of aryl methyl sites for hydroxylation is 2. The van der Waals surface area contributed by atoms with Gasteiger partial charge in [-0.05, 0) is 33.6 Å². The quantitative estimate of drug-likeness (QED) is 0.841. The van der Waals surface area contributed by atoms with Crippen LogP contribution in [-0.2, 0) is 11.3 Å². The molecule has 146 valence electrons. The first kappa shape index (κ1) is 19.7. The minimum atomic E-state index is -0.514. The predicted molar refractivity (Wildman–Crippen MR) is 104 cm³/mol. The minimum Gasteiger partial charge on any atom is -0.489 e. The summed E-state index contributed by atoms with van der Waals surface area (Å²) in [6.07, 6.45) is 3.81. The van der Waals surface area contributed by atoms with Gasteiger partial charge in [-0.1, -0.05) is 11.3 Å². The Morgan fingerprint density at radius 1 is 1.44 bits per heavy atom. The molecule has 2 atom stereocenters.